The van der Waals surface area contributed by atoms with Crippen molar-refractivity contribution in [3.8, 4) is 0 Å². The molecule has 114 valence electrons. The Balaban J connectivity index is 1.86. The topological polar surface area (TPSA) is 59.3 Å². The molecule has 1 heterocycles. The van der Waals surface area contributed by atoms with E-state index in [9.17, 15) is 10.1 Å². The second-order valence-electron chi connectivity index (χ2n) is 5.05. The lowest BCUT2D eigenvalue weighted by Gasteiger charge is -2.13. The molecule has 0 bridgehead atoms. The summed E-state index contributed by atoms with van der Waals surface area (Å²) in [5.74, 6) is 0. The lowest BCUT2D eigenvalue weighted by atomic mass is 10.1. The quantitative estimate of drug-likeness (QED) is 0.582. The van der Waals surface area contributed by atoms with Crippen molar-refractivity contribution in [3.05, 3.63) is 76.1 Å². The van der Waals surface area contributed by atoms with Gasteiger partial charge >= 0.3 is 0 Å². The molecular weight excluding hydrogens is 278 g/mol. The molecule has 0 saturated heterocycles. The van der Waals surface area contributed by atoms with Crippen LogP contribution in [0.15, 0.2) is 54.7 Å². The van der Waals surface area contributed by atoms with Gasteiger partial charge in [-0.3, -0.25) is 15.1 Å². The SMILES string of the molecule is CN(C/C=C/c1ccccc1[N+](=O)[O-])CCc1ccccn1. The number of hydrogen-bond acceptors (Lipinski definition) is 4. The maximum atomic E-state index is 10.9. The van der Waals surface area contributed by atoms with E-state index in [-0.39, 0.29) is 10.6 Å². The lowest BCUT2D eigenvalue weighted by molar-refractivity contribution is -0.385. The third-order valence-corrected chi connectivity index (χ3v) is 3.32. The largest absolute Gasteiger partial charge is 0.302 e. The Hall–Kier alpha value is -2.53. The first-order valence-corrected chi connectivity index (χ1v) is 7.15. The van der Waals surface area contributed by atoms with E-state index >= 15 is 0 Å². The van der Waals surface area contributed by atoms with E-state index < -0.39 is 0 Å². The summed E-state index contributed by atoms with van der Waals surface area (Å²) in [4.78, 5) is 17.0. The van der Waals surface area contributed by atoms with Crippen LogP contribution in [0.5, 0.6) is 0 Å². The van der Waals surface area contributed by atoms with Gasteiger partial charge in [-0.25, -0.2) is 0 Å². The summed E-state index contributed by atoms with van der Waals surface area (Å²) in [5, 5.41) is 10.9. The Morgan fingerprint density at radius 3 is 2.73 bits per heavy atom. The van der Waals surface area contributed by atoms with E-state index in [2.05, 4.69) is 9.88 Å². The van der Waals surface area contributed by atoms with Gasteiger partial charge in [-0.15, -0.1) is 0 Å². The number of hydrogen-bond donors (Lipinski definition) is 0. The summed E-state index contributed by atoms with van der Waals surface area (Å²) >= 11 is 0. The zero-order valence-electron chi connectivity index (χ0n) is 12.6. The summed E-state index contributed by atoms with van der Waals surface area (Å²) in [6.07, 6.45) is 6.43. The van der Waals surface area contributed by atoms with Gasteiger partial charge in [0.25, 0.3) is 5.69 Å². The van der Waals surface area contributed by atoms with Gasteiger partial charge in [-0.05, 0) is 25.2 Å². The van der Waals surface area contributed by atoms with E-state index in [1.54, 1.807) is 30.5 Å². The zero-order chi connectivity index (χ0) is 15.8. The van der Waals surface area contributed by atoms with Crippen molar-refractivity contribution in [2.24, 2.45) is 0 Å². The fraction of sp³-hybridized carbons (Fsp3) is 0.235. The molecule has 0 saturated carbocycles. The van der Waals surface area contributed by atoms with Gasteiger partial charge in [0.15, 0.2) is 0 Å². The predicted molar refractivity (Wildman–Crippen MR) is 87.6 cm³/mol. The van der Waals surface area contributed by atoms with Crippen molar-refractivity contribution in [2.75, 3.05) is 20.1 Å². The monoisotopic (exact) mass is 297 g/mol. The van der Waals surface area contributed by atoms with Crippen LogP contribution in [0.4, 0.5) is 5.69 Å². The molecule has 0 amide bonds. The second kappa shape index (κ2) is 8.05. The van der Waals surface area contributed by atoms with Crippen LogP contribution < -0.4 is 0 Å². The highest BCUT2D eigenvalue weighted by molar-refractivity contribution is 5.60. The Bertz CT molecular complexity index is 641. The molecule has 0 aliphatic carbocycles. The minimum atomic E-state index is -0.357. The molecule has 0 N–H and O–H groups in total. The van der Waals surface area contributed by atoms with Crippen LogP contribution >= 0.6 is 0 Å². The van der Waals surface area contributed by atoms with Crippen LogP contribution in [0, 0.1) is 10.1 Å². The average Bonchev–Trinajstić information content (AvgIpc) is 2.54. The molecule has 0 fully saturated rings. The first-order valence-electron chi connectivity index (χ1n) is 7.15. The number of pyridine rings is 1. The van der Waals surface area contributed by atoms with Gasteiger partial charge in [0.05, 0.1) is 10.5 Å². The van der Waals surface area contributed by atoms with E-state index in [0.29, 0.717) is 5.56 Å². The number of nitrogens with zero attached hydrogens (tertiary/aromatic N) is 3. The molecule has 5 nitrogen and oxygen atoms in total. The molecule has 1 aromatic heterocycles. The fourth-order valence-electron chi connectivity index (χ4n) is 2.10. The van der Waals surface area contributed by atoms with Gasteiger partial charge in [0.2, 0.25) is 0 Å². The van der Waals surface area contributed by atoms with E-state index in [4.69, 9.17) is 0 Å². The van der Waals surface area contributed by atoms with Gasteiger partial charge in [-0.1, -0.05) is 30.4 Å². The van der Waals surface area contributed by atoms with Crippen LogP contribution in [0.1, 0.15) is 11.3 Å². The Morgan fingerprint density at radius 2 is 2.00 bits per heavy atom. The van der Waals surface area contributed by atoms with E-state index in [0.717, 1.165) is 25.2 Å². The summed E-state index contributed by atoms with van der Waals surface area (Å²) in [6.45, 7) is 1.62. The normalized spacial score (nSPS) is 11.2. The molecule has 2 rings (SSSR count). The third-order valence-electron chi connectivity index (χ3n) is 3.32. The van der Waals surface area contributed by atoms with Crippen molar-refractivity contribution in [3.63, 3.8) is 0 Å². The Morgan fingerprint density at radius 1 is 1.23 bits per heavy atom. The number of nitro groups is 1. The van der Waals surface area contributed by atoms with Gasteiger partial charge in [0.1, 0.15) is 0 Å². The van der Waals surface area contributed by atoms with Crippen LogP contribution in [-0.4, -0.2) is 34.9 Å². The molecule has 0 radical (unpaired) electrons. The first-order chi connectivity index (χ1) is 10.7. The maximum absolute atomic E-state index is 10.9. The van der Waals surface area contributed by atoms with Crippen LogP contribution in [-0.2, 0) is 6.42 Å². The highest BCUT2D eigenvalue weighted by atomic mass is 16.6. The van der Waals surface area contributed by atoms with E-state index in [1.165, 1.54) is 6.07 Å². The Labute approximate surface area is 130 Å². The van der Waals surface area contributed by atoms with Crippen LogP contribution in [0.2, 0.25) is 0 Å². The number of benzene rings is 1. The van der Waals surface area contributed by atoms with Crippen LogP contribution in [0.25, 0.3) is 6.08 Å². The maximum Gasteiger partial charge on any atom is 0.276 e. The molecule has 0 aliphatic rings. The van der Waals surface area contributed by atoms with Gasteiger partial charge in [0, 0.05) is 37.5 Å². The predicted octanol–water partition coefficient (Wildman–Crippen LogP) is 3.18. The molecular formula is C17H19N3O2. The highest BCUT2D eigenvalue weighted by Crippen LogP contribution is 2.18. The molecule has 0 unspecified atom stereocenters. The standard InChI is InChI=1S/C17H19N3O2/c1-19(14-11-16-9-4-5-12-18-16)13-6-8-15-7-2-3-10-17(15)20(21)22/h2-10,12H,11,13-14H2,1H3/b8-6+. The number of rotatable bonds is 7. The average molecular weight is 297 g/mol. The number of aromatic nitrogens is 1. The van der Waals surface area contributed by atoms with Crippen LogP contribution in [0.3, 0.4) is 0 Å². The molecule has 0 spiro atoms. The lowest BCUT2D eigenvalue weighted by Crippen LogP contribution is -2.21. The van der Waals surface area contributed by atoms with Crippen molar-refractivity contribution >= 4 is 11.8 Å². The zero-order valence-corrected chi connectivity index (χ0v) is 12.6. The second-order valence-corrected chi connectivity index (χ2v) is 5.05. The smallest absolute Gasteiger partial charge is 0.276 e. The minimum absolute atomic E-state index is 0.134. The summed E-state index contributed by atoms with van der Waals surface area (Å²) in [6, 6.07) is 12.6. The third kappa shape index (κ3) is 4.79. The molecule has 2 aromatic rings. The van der Waals surface area contributed by atoms with Crippen molar-refractivity contribution < 1.29 is 4.92 Å². The number of likely N-dealkylation sites (N-methyl/N-ethyl adjacent to an activating group) is 1. The molecule has 0 atom stereocenters. The van der Waals surface area contributed by atoms with Gasteiger partial charge in [-0.2, -0.15) is 0 Å². The Kier molecular flexibility index (Phi) is 5.80. The summed E-state index contributed by atoms with van der Waals surface area (Å²) in [5.41, 5.74) is 1.83. The van der Waals surface area contributed by atoms with Crippen molar-refractivity contribution in [2.45, 2.75) is 6.42 Å². The summed E-state index contributed by atoms with van der Waals surface area (Å²) in [7, 11) is 2.02. The minimum Gasteiger partial charge on any atom is -0.302 e. The fourth-order valence-corrected chi connectivity index (χ4v) is 2.10. The first kappa shape index (κ1) is 15.9. The van der Waals surface area contributed by atoms with Gasteiger partial charge < -0.3 is 4.90 Å². The van der Waals surface area contributed by atoms with Crippen molar-refractivity contribution in [1.82, 2.24) is 9.88 Å². The van der Waals surface area contributed by atoms with Crippen molar-refractivity contribution in [1.29, 1.82) is 0 Å². The number of nitro benzene ring substituents is 1. The number of para-hydroxylation sites is 1. The molecule has 22 heavy (non-hydrogen) atoms. The highest BCUT2D eigenvalue weighted by Gasteiger charge is 2.08. The summed E-state index contributed by atoms with van der Waals surface area (Å²) < 4.78 is 0. The molecule has 1 aromatic carbocycles. The molecule has 5 heteroatoms. The molecule has 0 aliphatic heterocycles. The van der Waals surface area contributed by atoms with E-state index in [1.807, 2.05) is 31.3 Å².